The molecule has 108 valence electrons. The van der Waals surface area contributed by atoms with Gasteiger partial charge in [0.2, 0.25) is 0 Å². The molecule has 0 aliphatic rings. The third-order valence-corrected chi connectivity index (χ3v) is 4.14. The zero-order chi connectivity index (χ0) is 14.8. The third kappa shape index (κ3) is 2.86. The van der Waals surface area contributed by atoms with Gasteiger partial charge in [0.15, 0.2) is 0 Å². The number of aromatic amines is 1. The Balaban J connectivity index is 1.94. The predicted octanol–water partition coefficient (Wildman–Crippen LogP) is 4.07. The first kappa shape index (κ1) is 13.9. The second-order valence-electron chi connectivity index (χ2n) is 5.92. The molecule has 0 fully saturated rings. The molecule has 0 aliphatic carbocycles. The maximum atomic E-state index is 6.06. The van der Waals surface area contributed by atoms with Crippen LogP contribution in [0.15, 0.2) is 48.7 Å². The van der Waals surface area contributed by atoms with Crippen molar-refractivity contribution in [1.29, 1.82) is 0 Å². The van der Waals surface area contributed by atoms with Crippen LogP contribution in [-0.4, -0.2) is 11.5 Å². The molecular formula is C19H22N2. The standard InChI is InChI=1S/C19H22N2/c1-13-7-14(2)9-15(8-13)16(11-20)10-17-12-21-19-6-4-3-5-18(17)19/h3-9,12,16,21H,10-11,20H2,1-2H3. The Bertz CT molecular complexity index is 735. The van der Waals surface area contributed by atoms with Crippen molar-refractivity contribution < 1.29 is 0 Å². The van der Waals surface area contributed by atoms with Gasteiger partial charge in [-0.05, 0) is 44.0 Å². The highest BCUT2D eigenvalue weighted by Crippen LogP contribution is 2.26. The number of para-hydroxylation sites is 1. The zero-order valence-electron chi connectivity index (χ0n) is 12.7. The number of H-pyrrole nitrogens is 1. The van der Waals surface area contributed by atoms with Gasteiger partial charge in [-0.1, -0.05) is 47.5 Å². The van der Waals surface area contributed by atoms with Gasteiger partial charge in [0.1, 0.15) is 0 Å². The fraction of sp³-hybridized carbons (Fsp3) is 0.263. The molecule has 0 saturated carbocycles. The maximum absolute atomic E-state index is 6.06. The van der Waals surface area contributed by atoms with Gasteiger partial charge < -0.3 is 10.7 Å². The molecule has 0 radical (unpaired) electrons. The number of aromatic nitrogens is 1. The first-order valence-electron chi connectivity index (χ1n) is 7.50. The summed E-state index contributed by atoms with van der Waals surface area (Å²) in [6.07, 6.45) is 3.10. The van der Waals surface area contributed by atoms with E-state index in [1.807, 2.05) is 0 Å². The topological polar surface area (TPSA) is 41.8 Å². The molecule has 21 heavy (non-hydrogen) atoms. The van der Waals surface area contributed by atoms with E-state index in [2.05, 4.69) is 67.5 Å². The van der Waals surface area contributed by atoms with Crippen LogP contribution in [-0.2, 0) is 6.42 Å². The minimum atomic E-state index is 0.364. The smallest absolute Gasteiger partial charge is 0.0456 e. The van der Waals surface area contributed by atoms with E-state index in [0.29, 0.717) is 12.5 Å². The Morgan fingerprint density at radius 3 is 2.48 bits per heavy atom. The molecule has 1 unspecified atom stereocenters. The normalized spacial score (nSPS) is 12.7. The van der Waals surface area contributed by atoms with Crippen LogP contribution in [0.4, 0.5) is 0 Å². The van der Waals surface area contributed by atoms with Crippen molar-refractivity contribution in [3.05, 3.63) is 70.9 Å². The van der Waals surface area contributed by atoms with Gasteiger partial charge >= 0.3 is 0 Å². The molecule has 1 atom stereocenters. The lowest BCUT2D eigenvalue weighted by atomic mass is 9.90. The fourth-order valence-corrected chi connectivity index (χ4v) is 3.15. The summed E-state index contributed by atoms with van der Waals surface area (Å²) in [6, 6.07) is 15.2. The third-order valence-electron chi connectivity index (χ3n) is 4.14. The molecule has 0 saturated heterocycles. The van der Waals surface area contributed by atoms with Gasteiger partial charge in [-0.25, -0.2) is 0 Å². The Morgan fingerprint density at radius 1 is 1.05 bits per heavy atom. The van der Waals surface area contributed by atoms with Crippen molar-refractivity contribution in [3.8, 4) is 0 Å². The van der Waals surface area contributed by atoms with E-state index in [0.717, 1.165) is 6.42 Å². The number of rotatable bonds is 4. The summed E-state index contributed by atoms with van der Waals surface area (Å²) in [6.45, 7) is 4.97. The predicted molar refractivity (Wildman–Crippen MR) is 89.7 cm³/mol. The highest BCUT2D eigenvalue weighted by molar-refractivity contribution is 5.83. The van der Waals surface area contributed by atoms with Crippen molar-refractivity contribution >= 4 is 10.9 Å². The monoisotopic (exact) mass is 278 g/mol. The Morgan fingerprint density at radius 2 is 1.76 bits per heavy atom. The van der Waals surface area contributed by atoms with E-state index in [-0.39, 0.29) is 0 Å². The molecular weight excluding hydrogens is 256 g/mol. The number of aryl methyl sites for hydroxylation is 2. The summed E-state index contributed by atoms with van der Waals surface area (Å²) < 4.78 is 0. The minimum Gasteiger partial charge on any atom is -0.361 e. The summed E-state index contributed by atoms with van der Waals surface area (Å²) in [5, 5.41) is 1.31. The summed E-state index contributed by atoms with van der Waals surface area (Å²) in [5.74, 6) is 0.364. The average molecular weight is 278 g/mol. The van der Waals surface area contributed by atoms with Crippen molar-refractivity contribution in [2.24, 2.45) is 5.73 Å². The SMILES string of the molecule is Cc1cc(C)cc(C(CN)Cc2c[nH]c3ccccc23)c1. The number of hydrogen-bond donors (Lipinski definition) is 2. The van der Waals surface area contributed by atoms with Gasteiger partial charge in [-0.3, -0.25) is 0 Å². The molecule has 1 aromatic heterocycles. The summed E-state index contributed by atoms with van der Waals surface area (Å²) in [4.78, 5) is 3.35. The van der Waals surface area contributed by atoms with Crippen molar-refractivity contribution in [3.63, 3.8) is 0 Å². The lowest BCUT2D eigenvalue weighted by Crippen LogP contribution is -2.15. The second-order valence-corrected chi connectivity index (χ2v) is 5.92. The van der Waals surface area contributed by atoms with E-state index >= 15 is 0 Å². The van der Waals surface area contributed by atoms with E-state index in [1.165, 1.54) is 33.2 Å². The number of nitrogens with two attached hydrogens (primary N) is 1. The Kier molecular flexibility index (Phi) is 3.80. The largest absolute Gasteiger partial charge is 0.361 e. The zero-order valence-corrected chi connectivity index (χ0v) is 12.7. The van der Waals surface area contributed by atoms with Crippen LogP contribution in [0.5, 0.6) is 0 Å². The van der Waals surface area contributed by atoms with Crippen molar-refractivity contribution in [2.75, 3.05) is 6.54 Å². The molecule has 3 N–H and O–H groups in total. The summed E-state index contributed by atoms with van der Waals surface area (Å²) in [7, 11) is 0. The first-order valence-corrected chi connectivity index (χ1v) is 7.50. The van der Waals surface area contributed by atoms with Crippen LogP contribution in [0.3, 0.4) is 0 Å². The van der Waals surface area contributed by atoms with E-state index < -0.39 is 0 Å². The molecule has 3 rings (SSSR count). The van der Waals surface area contributed by atoms with Crippen LogP contribution >= 0.6 is 0 Å². The molecule has 0 spiro atoms. The molecule has 0 aliphatic heterocycles. The lowest BCUT2D eigenvalue weighted by molar-refractivity contribution is 0.696. The van der Waals surface area contributed by atoms with Crippen LogP contribution in [0.1, 0.15) is 28.2 Å². The van der Waals surface area contributed by atoms with E-state index in [1.54, 1.807) is 0 Å². The van der Waals surface area contributed by atoms with Gasteiger partial charge in [-0.15, -0.1) is 0 Å². The number of benzene rings is 2. The average Bonchev–Trinajstić information content (AvgIpc) is 2.87. The van der Waals surface area contributed by atoms with Crippen LogP contribution in [0, 0.1) is 13.8 Å². The van der Waals surface area contributed by atoms with Crippen LogP contribution < -0.4 is 5.73 Å². The molecule has 3 aromatic rings. The second kappa shape index (κ2) is 5.74. The Hall–Kier alpha value is -2.06. The van der Waals surface area contributed by atoms with Gasteiger partial charge in [0.25, 0.3) is 0 Å². The van der Waals surface area contributed by atoms with Crippen molar-refractivity contribution in [2.45, 2.75) is 26.2 Å². The highest BCUT2D eigenvalue weighted by atomic mass is 14.7. The summed E-state index contributed by atoms with van der Waals surface area (Å²) in [5.41, 5.74) is 12.6. The van der Waals surface area contributed by atoms with Crippen molar-refractivity contribution in [1.82, 2.24) is 4.98 Å². The van der Waals surface area contributed by atoms with Gasteiger partial charge in [0.05, 0.1) is 0 Å². The van der Waals surface area contributed by atoms with Crippen LogP contribution in [0.2, 0.25) is 0 Å². The molecule has 0 bridgehead atoms. The van der Waals surface area contributed by atoms with Gasteiger partial charge in [0, 0.05) is 23.0 Å². The number of nitrogens with one attached hydrogen (secondary N) is 1. The minimum absolute atomic E-state index is 0.364. The van der Waals surface area contributed by atoms with E-state index in [4.69, 9.17) is 5.73 Å². The molecule has 2 nitrogen and oxygen atoms in total. The molecule has 2 heteroatoms. The molecule has 0 amide bonds. The lowest BCUT2D eigenvalue weighted by Gasteiger charge is -2.16. The van der Waals surface area contributed by atoms with Crippen LogP contribution in [0.25, 0.3) is 10.9 Å². The first-order chi connectivity index (χ1) is 10.2. The molecule has 1 heterocycles. The fourth-order valence-electron chi connectivity index (χ4n) is 3.15. The number of hydrogen-bond acceptors (Lipinski definition) is 1. The maximum Gasteiger partial charge on any atom is 0.0456 e. The highest BCUT2D eigenvalue weighted by Gasteiger charge is 2.14. The quantitative estimate of drug-likeness (QED) is 0.742. The Labute approximate surface area is 126 Å². The van der Waals surface area contributed by atoms with Gasteiger partial charge in [-0.2, -0.15) is 0 Å². The number of fused-ring (bicyclic) bond motifs is 1. The molecule has 2 aromatic carbocycles. The van der Waals surface area contributed by atoms with E-state index in [9.17, 15) is 0 Å². The summed E-state index contributed by atoms with van der Waals surface area (Å²) >= 11 is 0.